The first-order chi connectivity index (χ1) is 10.6. The average molecular weight is 307 g/mol. The van der Waals surface area contributed by atoms with Gasteiger partial charge in [-0.25, -0.2) is 0 Å². The number of rotatable bonds is 5. The third-order valence-electron chi connectivity index (χ3n) is 4.52. The van der Waals surface area contributed by atoms with Gasteiger partial charge < -0.3 is 17.7 Å². The molecule has 0 saturated heterocycles. The summed E-state index contributed by atoms with van der Waals surface area (Å²) in [5, 5.41) is 0.827. The predicted molar refractivity (Wildman–Crippen MR) is 84.7 cm³/mol. The van der Waals surface area contributed by atoms with Crippen LogP contribution < -0.4 is 10.2 Å². The van der Waals surface area contributed by atoms with Crippen LogP contribution >= 0.6 is 0 Å². The highest BCUT2D eigenvalue weighted by atomic mass is 19.4. The van der Waals surface area contributed by atoms with Gasteiger partial charge in [-0.05, 0) is 29.2 Å². The molecule has 0 heterocycles. The van der Waals surface area contributed by atoms with E-state index in [1.807, 2.05) is 0 Å². The first-order valence-electron chi connectivity index (χ1n) is 7.90. The number of fused-ring (bicyclic) bond motifs is 1. The van der Waals surface area contributed by atoms with Crippen molar-refractivity contribution in [3.8, 4) is 5.75 Å². The van der Waals surface area contributed by atoms with Crippen LogP contribution in [0.3, 0.4) is 0 Å². The quantitative estimate of drug-likeness (QED) is 0.717. The summed E-state index contributed by atoms with van der Waals surface area (Å²) >= 11 is 0. The van der Waals surface area contributed by atoms with Crippen LogP contribution in [0.4, 0.5) is 12.9 Å². The van der Waals surface area contributed by atoms with Crippen molar-refractivity contribution in [1.82, 2.24) is 0 Å². The Morgan fingerprint density at radius 2 is 1.73 bits per heavy atom. The van der Waals surface area contributed by atoms with Crippen LogP contribution in [0.2, 0.25) is 0 Å². The second-order valence-electron chi connectivity index (χ2n) is 6.06. The molecular weight excluding hydrogens is 288 g/mol. The minimum absolute atomic E-state index is 0.0239. The van der Waals surface area contributed by atoms with Gasteiger partial charge in [-0.15, -0.1) is 0 Å². The molecule has 1 saturated carbocycles. The van der Waals surface area contributed by atoms with Crippen molar-refractivity contribution >= 4 is 23.2 Å². The molecule has 0 spiro atoms. The van der Waals surface area contributed by atoms with Gasteiger partial charge in [0.15, 0.2) is 0 Å². The predicted octanol–water partition coefficient (Wildman–Crippen LogP) is 4.85. The van der Waals surface area contributed by atoms with Gasteiger partial charge in [0.05, 0.1) is 12.4 Å². The summed E-state index contributed by atoms with van der Waals surface area (Å²) < 4.78 is 46.0. The summed E-state index contributed by atoms with van der Waals surface area (Å²) in [5.41, 5.74) is -0.593. The van der Waals surface area contributed by atoms with E-state index in [9.17, 15) is 12.9 Å². The van der Waals surface area contributed by atoms with Crippen LogP contribution in [0, 0.1) is 5.92 Å². The van der Waals surface area contributed by atoms with Gasteiger partial charge in [0.2, 0.25) is 0 Å². The topological polar surface area (TPSA) is 9.23 Å². The Balaban J connectivity index is 1.84. The second kappa shape index (κ2) is 6.23. The SMILES string of the molecule is F[B-](F)(F)c1c(OCCC2CCCC2)ccc2ccccc12. The van der Waals surface area contributed by atoms with E-state index in [1.165, 1.54) is 37.8 Å². The molecule has 0 aromatic heterocycles. The number of hydrogen-bond acceptors (Lipinski definition) is 1. The van der Waals surface area contributed by atoms with Gasteiger partial charge in [-0.2, -0.15) is 0 Å². The zero-order valence-corrected chi connectivity index (χ0v) is 12.4. The van der Waals surface area contributed by atoms with Crippen LogP contribution in [-0.4, -0.2) is 13.6 Å². The third-order valence-corrected chi connectivity index (χ3v) is 4.52. The number of halogens is 3. The molecule has 22 heavy (non-hydrogen) atoms. The summed E-state index contributed by atoms with van der Waals surface area (Å²) in [5.74, 6) is 0.588. The maximum atomic E-state index is 13.5. The van der Waals surface area contributed by atoms with Crippen molar-refractivity contribution in [3.05, 3.63) is 36.4 Å². The molecule has 1 aliphatic rings. The highest BCUT2D eigenvalue weighted by molar-refractivity contribution is 6.76. The Hall–Kier alpha value is -1.65. The monoisotopic (exact) mass is 307 g/mol. The normalized spacial score (nSPS) is 16.3. The molecule has 1 aliphatic carbocycles. The van der Waals surface area contributed by atoms with Gasteiger partial charge in [-0.3, -0.25) is 0 Å². The Morgan fingerprint density at radius 1 is 1.00 bits per heavy atom. The molecule has 1 fully saturated rings. The van der Waals surface area contributed by atoms with Gasteiger partial charge in [-0.1, -0.05) is 61.5 Å². The molecule has 118 valence electrons. The molecular formula is C17H19BF3O-. The van der Waals surface area contributed by atoms with E-state index in [1.54, 1.807) is 24.3 Å². The van der Waals surface area contributed by atoms with Crippen LogP contribution in [0.1, 0.15) is 32.1 Å². The lowest BCUT2D eigenvalue weighted by molar-refractivity contribution is 0.280. The lowest BCUT2D eigenvalue weighted by Gasteiger charge is -2.22. The molecule has 5 heteroatoms. The van der Waals surface area contributed by atoms with Crippen molar-refractivity contribution in [2.45, 2.75) is 32.1 Å². The molecule has 0 atom stereocenters. The fourth-order valence-corrected chi connectivity index (χ4v) is 3.37. The van der Waals surface area contributed by atoms with E-state index in [4.69, 9.17) is 4.74 Å². The molecule has 2 aromatic carbocycles. The average Bonchev–Trinajstić information content (AvgIpc) is 2.99. The fourth-order valence-electron chi connectivity index (χ4n) is 3.37. The van der Waals surface area contributed by atoms with E-state index in [2.05, 4.69) is 0 Å². The molecule has 2 aromatic rings. The van der Waals surface area contributed by atoms with Crippen LogP contribution in [-0.2, 0) is 0 Å². The van der Waals surface area contributed by atoms with Crippen molar-refractivity contribution < 1.29 is 17.7 Å². The van der Waals surface area contributed by atoms with Crippen molar-refractivity contribution in [2.75, 3.05) is 6.61 Å². The van der Waals surface area contributed by atoms with Crippen LogP contribution in [0.25, 0.3) is 10.8 Å². The Kier molecular flexibility index (Phi) is 4.32. The highest BCUT2D eigenvalue weighted by Gasteiger charge is 2.31. The number of ether oxygens (including phenoxy) is 1. The third kappa shape index (κ3) is 3.23. The summed E-state index contributed by atoms with van der Waals surface area (Å²) in [6.07, 6.45) is 5.67. The number of benzene rings is 2. The van der Waals surface area contributed by atoms with Crippen molar-refractivity contribution in [2.24, 2.45) is 5.92 Å². The van der Waals surface area contributed by atoms with Gasteiger partial charge in [0, 0.05) is 0 Å². The summed E-state index contributed by atoms with van der Waals surface area (Å²) in [7, 11) is 0. The molecule has 0 N–H and O–H groups in total. The lowest BCUT2D eigenvalue weighted by Crippen LogP contribution is -2.36. The summed E-state index contributed by atoms with van der Waals surface area (Å²) in [6.45, 7) is -4.74. The Bertz CT molecular complexity index is 648. The standard InChI is InChI=1S/C17H19BF3O/c19-18(20,21)17-15-8-4-3-7-14(15)9-10-16(17)22-12-11-13-5-1-2-6-13/h3-4,7-10,13H,1-2,5-6,11-12H2/q-1. The molecule has 0 aliphatic heterocycles. The van der Waals surface area contributed by atoms with E-state index in [0.717, 1.165) is 6.42 Å². The maximum absolute atomic E-state index is 13.5. The first kappa shape index (κ1) is 15.3. The summed E-state index contributed by atoms with van der Waals surface area (Å²) in [4.78, 5) is 0. The van der Waals surface area contributed by atoms with Crippen LogP contribution in [0.5, 0.6) is 5.75 Å². The van der Waals surface area contributed by atoms with E-state index in [0.29, 0.717) is 17.9 Å². The smallest absolute Gasteiger partial charge is 0.497 e. The van der Waals surface area contributed by atoms with Crippen molar-refractivity contribution in [1.29, 1.82) is 0 Å². The zero-order valence-electron chi connectivity index (χ0n) is 12.4. The minimum Gasteiger partial charge on any atom is -0.497 e. The maximum Gasteiger partial charge on any atom is 0.513 e. The molecule has 0 amide bonds. The van der Waals surface area contributed by atoms with E-state index in [-0.39, 0.29) is 11.1 Å². The molecule has 0 unspecified atom stereocenters. The summed E-state index contributed by atoms with van der Waals surface area (Å²) in [6, 6.07) is 9.76. The molecule has 0 radical (unpaired) electrons. The minimum atomic E-state index is -5.10. The fraction of sp³-hybridized carbons (Fsp3) is 0.412. The molecule has 1 nitrogen and oxygen atoms in total. The number of hydrogen-bond donors (Lipinski definition) is 0. The van der Waals surface area contributed by atoms with Crippen LogP contribution in [0.15, 0.2) is 36.4 Å². The van der Waals surface area contributed by atoms with Crippen molar-refractivity contribution in [3.63, 3.8) is 0 Å². The first-order valence-corrected chi connectivity index (χ1v) is 7.90. The zero-order chi connectivity index (χ0) is 15.6. The van der Waals surface area contributed by atoms with Gasteiger partial charge >= 0.3 is 6.98 Å². The molecule has 3 rings (SSSR count). The lowest BCUT2D eigenvalue weighted by atomic mass is 9.76. The Labute approximate surface area is 128 Å². The van der Waals surface area contributed by atoms with Gasteiger partial charge in [0.1, 0.15) is 0 Å². The highest BCUT2D eigenvalue weighted by Crippen LogP contribution is 2.29. The van der Waals surface area contributed by atoms with Gasteiger partial charge in [0.25, 0.3) is 0 Å². The second-order valence-corrected chi connectivity index (χ2v) is 6.06. The Morgan fingerprint density at radius 3 is 2.45 bits per heavy atom. The molecule has 0 bridgehead atoms. The van der Waals surface area contributed by atoms with E-state index < -0.39 is 12.4 Å². The van der Waals surface area contributed by atoms with E-state index >= 15 is 0 Å². The largest absolute Gasteiger partial charge is 0.513 e.